The maximum Gasteiger partial charge on any atom is 0.343 e. The van der Waals surface area contributed by atoms with Gasteiger partial charge in [0.2, 0.25) is 0 Å². The molecule has 0 aromatic heterocycles. The monoisotopic (exact) mass is 532 g/mol. The number of ether oxygens (including phenoxy) is 3. The van der Waals surface area contributed by atoms with E-state index in [0.717, 1.165) is 55.6 Å². The van der Waals surface area contributed by atoms with E-state index < -0.39 is 5.97 Å². The van der Waals surface area contributed by atoms with Gasteiger partial charge >= 0.3 is 5.97 Å². The Balaban J connectivity index is 1.53. The molecule has 0 radical (unpaired) electrons. The summed E-state index contributed by atoms with van der Waals surface area (Å²) in [4.78, 5) is 25.7. The fourth-order valence-corrected chi connectivity index (χ4v) is 4.05. The lowest BCUT2D eigenvalue weighted by Crippen LogP contribution is -2.10. The van der Waals surface area contributed by atoms with E-state index in [0.29, 0.717) is 41.4 Å². The van der Waals surface area contributed by atoms with Gasteiger partial charge in [-0.15, -0.1) is 6.58 Å². The summed E-state index contributed by atoms with van der Waals surface area (Å²) in [5.74, 6) is 2.16. The molecule has 3 rings (SSSR count). The summed E-state index contributed by atoms with van der Waals surface area (Å²) >= 11 is 4.21. The summed E-state index contributed by atoms with van der Waals surface area (Å²) in [5, 5.41) is 0. The summed E-state index contributed by atoms with van der Waals surface area (Å²) in [6.45, 7) is 6.82. The molecule has 0 aliphatic carbocycles. The highest BCUT2D eigenvalue weighted by Gasteiger charge is 2.15. The predicted molar refractivity (Wildman–Crippen MR) is 155 cm³/mol. The van der Waals surface area contributed by atoms with E-state index in [1.165, 1.54) is 0 Å². The SMILES string of the molecule is C=CCCCCOc1ccc(C(=O)c2ccc(OC(=O)c3ccc(OCCCCCS)cc3)cc2C)cc1. The maximum absolute atomic E-state index is 13.1. The third-order valence-corrected chi connectivity index (χ3v) is 6.32. The molecule has 3 aromatic rings. The van der Waals surface area contributed by atoms with Crippen LogP contribution >= 0.6 is 12.6 Å². The summed E-state index contributed by atoms with van der Waals surface area (Å²) in [6, 6.07) is 19.1. The number of hydrogen-bond acceptors (Lipinski definition) is 6. The van der Waals surface area contributed by atoms with Crippen LogP contribution in [0.15, 0.2) is 79.4 Å². The van der Waals surface area contributed by atoms with Crippen LogP contribution in [0.3, 0.4) is 0 Å². The van der Waals surface area contributed by atoms with Gasteiger partial charge in [0.1, 0.15) is 17.2 Å². The molecule has 0 saturated heterocycles. The van der Waals surface area contributed by atoms with Crippen molar-refractivity contribution in [1.29, 1.82) is 0 Å². The summed E-state index contributed by atoms with van der Waals surface area (Å²) < 4.78 is 17.0. The number of hydrogen-bond donors (Lipinski definition) is 1. The molecule has 0 fully saturated rings. The van der Waals surface area contributed by atoms with Gasteiger partial charge in [0.05, 0.1) is 18.8 Å². The lowest BCUT2D eigenvalue weighted by Gasteiger charge is -2.10. The Morgan fingerprint density at radius 2 is 1.34 bits per heavy atom. The van der Waals surface area contributed by atoms with E-state index in [9.17, 15) is 9.59 Å². The van der Waals surface area contributed by atoms with E-state index in [-0.39, 0.29) is 5.78 Å². The zero-order chi connectivity index (χ0) is 27.2. The number of carbonyl (C=O) groups excluding carboxylic acids is 2. The van der Waals surface area contributed by atoms with Crippen molar-refractivity contribution in [3.63, 3.8) is 0 Å². The van der Waals surface area contributed by atoms with Crippen molar-refractivity contribution < 1.29 is 23.8 Å². The molecule has 0 spiro atoms. The second kappa shape index (κ2) is 15.7. The van der Waals surface area contributed by atoms with Crippen molar-refractivity contribution in [2.75, 3.05) is 19.0 Å². The smallest absolute Gasteiger partial charge is 0.343 e. The lowest BCUT2D eigenvalue weighted by molar-refractivity contribution is 0.0734. The fourth-order valence-electron chi connectivity index (χ4n) is 3.83. The number of carbonyl (C=O) groups is 2. The molecule has 6 heteroatoms. The molecular formula is C32H36O5S. The van der Waals surface area contributed by atoms with E-state index in [1.807, 2.05) is 25.1 Å². The number of thiol groups is 1. The number of benzene rings is 3. The van der Waals surface area contributed by atoms with E-state index in [1.54, 1.807) is 54.6 Å². The van der Waals surface area contributed by atoms with E-state index >= 15 is 0 Å². The van der Waals surface area contributed by atoms with Gasteiger partial charge in [0, 0.05) is 11.1 Å². The summed E-state index contributed by atoms with van der Waals surface area (Å²) in [5.41, 5.74) is 2.28. The largest absolute Gasteiger partial charge is 0.494 e. The lowest BCUT2D eigenvalue weighted by atomic mass is 9.99. The highest BCUT2D eigenvalue weighted by Crippen LogP contribution is 2.23. The standard InChI is InChI=1S/C32H36O5S/c1-3-4-5-7-20-35-27-14-10-25(11-15-27)31(33)30-19-18-29(23-24(30)2)37-32(34)26-12-16-28(17-13-26)36-21-8-6-9-22-38/h3,10-19,23,38H,1,4-9,20-22H2,2H3. The summed E-state index contributed by atoms with van der Waals surface area (Å²) in [6.07, 6.45) is 8.01. The van der Waals surface area contributed by atoms with Gasteiger partial charge in [-0.2, -0.15) is 12.6 Å². The molecule has 200 valence electrons. The normalized spacial score (nSPS) is 10.6. The van der Waals surface area contributed by atoms with Crippen molar-refractivity contribution in [2.24, 2.45) is 0 Å². The van der Waals surface area contributed by atoms with Gasteiger partial charge < -0.3 is 14.2 Å². The van der Waals surface area contributed by atoms with Gasteiger partial charge in [-0.1, -0.05) is 6.08 Å². The molecule has 0 atom stereocenters. The van der Waals surface area contributed by atoms with Crippen LogP contribution in [0.1, 0.15) is 70.4 Å². The van der Waals surface area contributed by atoms with E-state index in [2.05, 4.69) is 19.2 Å². The van der Waals surface area contributed by atoms with Crippen LogP contribution in [-0.2, 0) is 0 Å². The van der Waals surface area contributed by atoms with Crippen LogP contribution in [0.25, 0.3) is 0 Å². The zero-order valence-electron chi connectivity index (χ0n) is 22.0. The highest BCUT2D eigenvalue weighted by molar-refractivity contribution is 7.80. The number of aryl methyl sites for hydroxylation is 1. The Bertz CT molecular complexity index is 1190. The molecule has 0 saturated carbocycles. The van der Waals surface area contributed by atoms with Crippen molar-refractivity contribution in [3.05, 3.63) is 102 Å². The Morgan fingerprint density at radius 1 is 0.763 bits per heavy atom. The number of allylic oxidation sites excluding steroid dienone is 1. The predicted octanol–water partition coefficient (Wildman–Crippen LogP) is 7.66. The molecular weight excluding hydrogens is 496 g/mol. The minimum Gasteiger partial charge on any atom is -0.494 e. The Morgan fingerprint density at radius 3 is 1.92 bits per heavy atom. The number of esters is 1. The van der Waals surface area contributed by atoms with Gasteiger partial charge in [0.25, 0.3) is 0 Å². The fraction of sp³-hybridized carbons (Fsp3) is 0.312. The molecule has 0 N–H and O–H groups in total. The zero-order valence-corrected chi connectivity index (χ0v) is 22.9. The van der Waals surface area contributed by atoms with Crippen LogP contribution in [0, 0.1) is 6.92 Å². The Labute approximate surface area is 231 Å². The molecule has 0 aliphatic heterocycles. The average Bonchev–Trinajstić information content (AvgIpc) is 2.93. The van der Waals surface area contributed by atoms with Crippen LogP contribution in [0.5, 0.6) is 17.2 Å². The molecule has 0 heterocycles. The van der Waals surface area contributed by atoms with Gasteiger partial charge in [-0.3, -0.25) is 4.79 Å². The van der Waals surface area contributed by atoms with Crippen molar-refractivity contribution in [2.45, 2.75) is 45.4 Å². The quantitative estimate of drug-likeness (QED) is 0.0512. The molecule has 0 amide bonds. The van der Waals surface area contributed by atoms with Gasteiger partial charge in [0.15, 0.2) is 5.78 Å². The third-order valence-electron chi connectivity index (χ3n) is 6.00. The van der Waals surface area contributed by atoms with Crippen molar-refractivity contribution in [1.82, 2.24) is 0 Å². The van der Waals surface area contributed by atoms with Crippen LogP contribution in [-0.4, -0.2) is 30.7 Å². The second-order valence-corrected chi connectivity index (χ2v) is 9.46. The van der Waals surface area contributed by atoms with Crippen LogP contribution < -0.4 is 14.2 Å². The first kappa shape index (κ1) is 29.1. The molecule has 0 unspecified atom stereocenters. The minimum atomic E-state index is -0.469. The van der Waals surface area contributed by atoms with Gasteiger partial charge in [-0.05, 0) is 123 Å². The highest BCUT2D eigenvalue weighted by atomic mass is 32.1. The molecule has 3 aromatic carbocycles. The third kappa shape index (κ3) is 9.10. The first-order valence-corrected chi connectivity index (χ1v) is 13.7. The molecule has 38 heavy (non-hydrogen) atoms. The van der Waals surface area contributed by atoms with Crippen molar-refractivity contribution in [3.8, 4) is 17.2 Å². The number of rotatable bonds is 16. The minimum absolute atomic E-state index is 0.0980. The first-order valence-electron chi connectivity index (χ1n) is 13.1. The van der Waals surface area contributed by atoms with Gasteiger partial charge in [-0.25, -0.2) is 4.79 Å². The topological polar surface area (TPSA) is 61.8 Å². The van der Waals surface area contributed by atoms with Crippen LogP contribution in [0.2, 0.25) is 0 Å². The second-order valence-electron chi connectivity index (χ2n) is 9.01. The number of ketones is 1. The maximum atomic E-state index is 13.1. The van der Waals surface area contributed by atoms with E-state index in [4.69, 9.17) is 14.2 Å². The Hall–Kier alpha value is -3.51. The molecule has 5 nitrogen and oxygen atoms in total. The first-order chi connectivity index (χ1) is 18.5. The molecule has 0 aliphatic rings. The average molecular weight is 533 g/mol. The Kier molecular flexibility index (Phi) is 12.0. The van der Waals surface area contributed by atoms with Crippen molar-refractivity contribution >= 4 is 24.4 Å². The number of unbranched alkanes of at least 4 members (excludes halogenated alkanes) is 4. The van der Waals surface area contributed by atoms with Crippen LogP contribution in [0.4, 0.5) is 0 Å². The molecule has 0 bridgehead atoms. The summed E-state index contributed by atoms with van der Waals surface area (Å²) in [7, 11) is 0.